The van der Waals surface area contributed by atoms with E-state index in [9.17, 15) is 4.39 Å². The van der Waals surface area contributed by atoms with Crippen LogP contribution in [0.3, 0.4) is 0 Å². The van der Waals surface area contributed by atoms with Crippen LogP contribution in [0.4, 0.5) is 4.39 Å². The van der Waals surface area contributed by atoms with Gasteiger partial charge in [-0.2, -0.15) is 0 Å². The number of halogens is 2. The van der Waals surface area contributed by atoms with Gasteiger partial charge in [-0.25, -0.2) is 4.39 Å². The molecule has 1 unspecified atom stereocenters. The molecule has 2 N–H and O–H groups in total. The molecule has 1 atom stereocenters. The van der Waals surface area contributed by atoms with Gasteiger partial charge in [-0.1, -0.05) is 25.4 Å². The maximum absolute atomic E-state index is 13.8. The first-order valence-electron chi connectivity index (χ1n) is 6.31. The second-order valence-corrected chi connectivity index (χ2v) is 5.52. The van der Waals surface area contributed by atoms with Crippen LogP contribution in [-0.2, 0) is 0 Å². The van der Waals surface area contributed by atoms with Crippen LogP contribution in [-0.4, -0.2) is 25.0 Å². The van der Waals surface area contributed by atoms with Gasteiger partial charge in [-0.3, -0.25) is 4.90 Å². The molecule has 0 fully saturated rings. The van der Waals surface area contributed by atoms with Crippen LogP contribution in [0, 0.1) is 11.7 Å². The lowest BCUT2D eigenvalue weighted by molar-refractivity contribution is 0.231. The molecule has 102 valence electrons. The fourth-order valence-electron chi connectivity index (χ4n) is 1.93. The molecular formula is C14H22ClFN2. The van der Waals surface area contributed by atoms with E-state index in [0.717, 1.165) is 13.0 Å². The standard InChI is InChI=1S/C14H22ClFN2/c1-10(2)6-7-18(3)14(9-17)12-8-11(15)4-5-13(12)16/h4-5,8,10,14H,6-7,9,17H2,1-3H3. The lowest BCUT2D eigenvalue weighted by Crippen LogP contribution is -2.32. The van der Waals surface area contributed by atoms with Gasteiger partial charge in [-0.15, -0.1) is 0 Å². The molecule has 0 aliphatic heterocycles. The van der Waals surface area contributed by atoms with Gasteiger partial charge in [-0.05, 0) is 44.1 Å². The molecule has 1 aromatic carbocycles. The third kappa shape index (κ3) is 4.23. The second kappa shape index (κ2) is 7.07. The third-order valence-corrected chi connectivity index (χ3v) is 3.37. The topological polar surface area (TPSA) is 29.3 Å². The summed E-state index contributed by atoms with van der Waals surface area (Å²) in [4.78, 5) is 2.09. The molecule has 0 spiro atoms. The SMILES string of the molecule is CC(C)CCN(C)C(CN)c1cc(Cl)ccc1F. The van der Waals surface area contributed by atoms with Crippen LogP contribution in [0.2, 0.25) is 5.02 Å². The molecule has 0 saturated heterocycles. The van der Waals surface area contributed by atoms with E-state index >= 15 is 0 Å². The van der Waals surface area contributed by atoms with Crippen LogP contribution in [0.5, 0.6) is 0 Å². The number of nitrogens with two attached hydrogens (primary N) is 1. The number of hydrogen-bond acceptors (Lipinski definition) is 2. The van der Waals surface area contributed by atoms with Crippen LogP contribution in [0.15, 0.2) is 18.2 Å². The zero-order chi connectivity index (χ0) is 13.7. The zero-order valence-corrected chi connectivity index (χ0v) is 12.0. The monoisotopic (exact) mass is 272 g/mol. The highest BCUT2D eigenvalue weighted by molar-refractivity contribution is 6.30. The van der Waals surface area contributed by atoms with E-state index in [1.165, 1.54) is 6.07 Å². The predicted molar refractivity (Wildman–Crippen MR) is 75.3 cm³/mol. The Hall–Kier alpha value is -0.640. The summed E-state index contributed by atoms with van der Waals surface area (Å²) < 4.78 is 13.8. The van der Waals surface area contributed by atoms with Gasteiger partial charge in [0.1, 0.15) is 5.82 Å². The maximum atomic E-state index is 13.8. The smallest absolute Gasteiger partial charge is 0.128 e. The van der Waals surface area contributed by atoms with Crippen molar-refractivity contribution >= 4 is 11.6 Å². The molecule has 0 amide bonds. The Bertz CT molecular complexity index is 382. The van der Waals surface area contributed by atoms with Crippen LogP contribution >= 0.6 is 11.6 Å². The molecule has 2 nitrogen and oxygen atoms in total. The Balaban J connectivity index is 2.84. The van der Waals surface area contributed by atoms with Crippen molar-refractivity contribution in [2.75, 3.05) is 20.1 Å². The first kappa shape index (κ1) is 15.4. The number of hydrogen-bond donors (Lipinski definition) is 1. The number of nitrogens with zero attached hydrogens (tertiary/aromatic N) is 1. The van der Waals surface area contributed by atoms with Crippen molar-refractivity contribution in [3.63, 3.8) is 0 Å². The van der Waals surface area contributed by atoms with E-state index in [2.05, 4.69) is 18.7 Å². The average molecular weight is 273 g/mol. The van der Waals surface area contributed by atoms with Gasteiger partial charge < -0.3 is 5.73 Å². The van der Waals surface area contributed by atoms with Crippen LogP contribution < -0.4 is 5.73 Å². The highest BCUT2D eigenvalue weighted by atomic mass is 35.5. The third-order valence-electron chi connectivity index (χ3n) is 3.13. The molecule has 1 rings (SSSR count). The van der Waals surface area contributed by atoms with E-state index in [1.807, 2.05) is 7.05 Å². The Morgan fingerprint density at radius 3 is 2.61 bits per heavy atom. The summed E-state index contributed by atoms with van der Waals surface area (Å²) in [6.45, 7) is 5.62. The zero-order valence-electron chi connectivity index (χ0n) is 11.3. The lowest BCUT2D eigenvalue weighted by Gasteiger charge is -2.28. The van der Waals surface area contributed by atoms with E-state index in [0.29, 0.717) is 23.0 Å². The molecule has 0 radical (unpaired) electrons. The Morgan fingerprint density at radius 1 is 1.39 bits per heavy atom. The largest absolute Gasteiger partial charge is 0.329 e. The quantitative estimate of drug-likeness (QED) is 0.859. The molecular weight excluding hydrogens is 251 g/mol. The summed E-state index contributed by atoms with van der Waals surface area (Å²) >= 11 is 5.92. The Labute approximate surface area is 114 Å². The average Bonchev–Trinajstić information content (AvgIpc) is 2.32. The minimum absolute atomic E-state index is 0.123. The second-order valence-electron chi connectivity index (χ2n) is 5.08. The fraction of sp³-hybridized carbons (Fsp3) is 0.571. The van der Waals surface area contributed by atoms with E-state index in [1.54, 1.807) is 12.1 Å². The molecule has 0 saturated carbocycles. The molecule has 0 aromatic heterocycles. The van der Waals surface area contributed by atoms with Gasteiger partial charge in [0.25, 0.3) is 0 Å². The fourth-order valence-corrected chi connectivity index (χ4v) is 2.11. The van der Waals surface area contributed by atoms with Crippen molar-refractivity contribution < 1.29 is 4.39 Å². The molecule has 18 heavy (non-hydrogen) atoms. The van der Waals surface area contributed by atoms with Crippen molar-refractivity contribution in [1.82, 2.24) is 4.90 Å². The summed E-state index contributed by atoms with van der Waals surface area (Å²) in [7, 11) is 1.97. The molecule has 0 bridgehead atoms. The summed E-state index contributed by atoms with van der Waals surface area (Å²) in [6.07, 6.45) is 1.06. The molecule has 0 heterocycles. The van der Waals surface area contributed by atoms with Crippen LogP contribution in [0.25, 0.3) is 0 Å². The van der Waals surface area contributed by atoms with Crippen molar-refractivity contribution in [3.05, 3.63) is 34.6 Å². The van der Waals surface area contributed by atoms with Gasteiger partial charge in [0.05, 0.1) is 0 Å². The lowest BCUT2D eigenvalue weighted by atomic mass is 10.0. The molecule has 1 aromatic rings. The van der Waals surface area contributed by atoms with E-state index < -0.39 is 0 Å². The number of likely N-dealkylation sites (N-methyl/N-ethyl adjacent to an activating group) is 1. The van der Waals surface area contributed by atoms with Gasteiger partial charge in [0, 0.05) is 23.2 Å². The first-order chi connectivity index (χ1) is 8.45. The summed E-state index contributed by atoms with van der Waals surface area (Å²) in [5.41, 5.74) is 6.36. The summed E-state index contributed by atoms with van der Waals surface area (Å²) in [6, 6.07) is 4.50. The van der Waals surface area contributed by atoms with Crippen molar-refractivity contribution in [2.45, 2.75) is 26.3 Å². The normalized spacial score (nSPS) is 13.3. The van der Waals surface area contributed by atoms with Crippen LogP contribution in [0.1, 0.15) is 31.9 Å². The molecule has 0 aliphatic carbocycles. The highest BCUT2D eigenvalue weighted by Crippen LogP contribution is 2.25. The van der Waals surface area contributed by atoms with Crippen molar-refractivity contribution in [1.29, 1.82) is 0 Å². The van der Waals surface area contributed by atoms with Crippen molar-refractivity contribution in [3.8, 4) is 0 Å². The van der Waals surface area contributed by atoms with Gasteiger partial charge >= 0.3 is 0 Å². The van der Waals surface area contributed by atoms with E-state index in [-0.39, 0.29) is 11.9 Å². The first-order valence-corrected chi connectivity index (χ1v) is 6.68. The Morgan fingerprint density at radius 2 is 2.06 bits per heavy atom. The number of benzene rings is 1. The maximum Gasteiger partial charge on any atom is 0.128 e. The predicted octanol–water partition coefficient (Wildman–Crippen LogP) is 3.46. The van der Waals surface area contributed by atoms with Gasteiger partial charge in [0.15, 0.2) is 0 Å². The summed E-state index contributed by atoms with van der Waals surface area (Å²) in [5, 5.41) is 0.544. The minimum atomic E-state index is -0.244. The molecule has 4 heteroatoms. The van der Waals surface area contributed by atoms with E-state index in [4.69, 9.17) is 17.3 Å². The number of rotatable bonds is 6. The van der Waals surface area contributed by atoms with Gasteiger partial charge in [0.2, 0.25) is 0 Å². The molecule has 0 aliphatic rings. The Kier molecular flexibility index (Phi) is 6.06. The van der Waals surface area contributed by atoms with Crippen molar-refractivity contribution in [2.24, 2.45) is 11.7 Å². The highest BCUT2D eigenvalue weighted by Gasteiger charge is 2.19. The summed E-state index contributed by atoms with van der Waals surface area (Å²) in [5.74, 6) is 0.376. The minimum Gasteiger partial charge on any atom is -0.329 e.